The van der Waals surface area contributed by atoms with Gasteiger partial charge in [0.25, 0.3) is 0 Å². The van der Waals surface area contributed by atoms with Gasteiger partial charge in [-0.3, -0.25) is 4.79 Å². The summed E-state index contributed by atoms with van der Waals surface area (Å²) in [6, 6.07) is 0. The summed E-state index contributed by atoms with van der Waals surface area (Å²) in [5, 5.41) is 19.8. The van der Waals surface area contributed by atoms with Crippen LogP contribution in [0.25, 0.3) is 0 Å². The van der Waals surface area contributed by atoms with Gasteiger partial charge in [-0.25, -0.2) is 4.79 Å². The first-order valence-electron chi connectivity index (χ1n) is 9.11. The molecular weight excluding hydrogens is 320 g/mol. The lowest BCUT2D eigenvalue weighted by Crippen LogP contribution is -2.55. The average molecular weight is 348 g/mol. The monoisotopic (exact) mass is 348 g/mol. The third-order valence-corrected chi connectivity index (χ3v) is 7.00. The Morgan fingerprint density at radius 2 is 2.04 bits per heavy atom. The van der Waals surface area contributed by atoms with E-state index in [2.05, 4.69) is 13.5 Å². The predicted molar refractivity (Wildman–Crippen MR) is 92.6 cm³/mol. The second kappa shape index (κ2) is 6.36. The molecule has 1 saturated heterocycles. The standard InChI is InChI=1S/C20H28O5/c1-12-4-7-16-19(2,9-8-17(23)20(16,3)11-21)14(12)6-5-13-15(22)10-25-18(13)24/h5,14-16,21-22H,1,4,6-11H2,2-3H3/b13-5+/t14-,15-,16+,19+,20+/m1/s1. The van der Waals surface area contributed by atoms with E-state index < -0.39 is 17.5 Å². The second-order valence-electron chi connectivity index (χ2n) is 8.32. The van der Waals surface area contributed by atoms with Gasteiger partial charge in [-0.15, -0.1) is 0 Å². The van der Waals surface area contributed by atoms with Crippen LogP contribution in [0.1, 0.15) is 46.0 Å². The lowest BCUT2D eigenvalue weighted by Gasteiger charge is -2.57. The molecule has 3 fully saturated rings. The van der Waals surface area contributed by atoms with E-state index in [-0.39, 0.29) is 36.2 Å². The average Bonchev–Trinajstić information content (AvgIpc) is 2.89. The van der Waals surface area contributed by atoms with Gasteiger partial charge in [0.05, 0.1) is 17.6 Å². The lowest BCUT2D eigenvalue weighted by molar-refractivity contribution is -0.151. The van der Waals surface area contributed by atoms with E-state index in [9.17, 15) is 19.8 Å². The number of aliphatic hydroxyl groups excluding tert-OH is 2. The smallest absolute Gasteiger partial charge is 0.336 e. The molecule has 5 atom stereocenters. The van der Waals surface area contributed by atoms with Crippen LogP contribution in [0.4, 0.5) is 0 Å². The number of carbonyl (C=O) groups excluding carboxylic acids is 2. The Bertz CT molecular complexity index is 636. The number of carbonyl (C=O) groups is 2. The van der Waals surface area contributed by atoms with E-state index in [4.69, 9.17) is 4.74 Å². The topological polar surface area (TPSA) is 83.8 Å². The maximum Gasteiger partial charge on any atom is 0.336 e. The predicted octanol–water partition coefficient (Wildman–Crippen LogP) is 2.17. The molecule has 0 amide bonds. The van der Waals surface area contributed by atoms with Crippen LogP contribution in [0.2, 0.25) is 0 Å². The summed E-state index contributed by atoms with van der Waals surface area (Å²) in [6.45, 7) is 8.22. The Labute approximate surface area is 148 Å². The minimum Gasteiger partial charge on any atom is -0.459 e. The Morgan fingerprint density at radius 3 is 2.64 bits per heavy atom. The van der Waals surface area contributed by atoms with Gasteiger partial charge in [-0.05, 0) is 42.9 Å². The molecule has 0 aromatic carbocycles. The summed E-state index contributed by atoms with van der Waals surface area (Å²) < 4.78 is 4.88. The minimum absolute atomic E-state index is 0.0211. The van der Waals surface area contributed by atoms with Crippen molar-refractivity contribution >= 4 is 11.8 Å². The molecule has 0 bridgehead atoms. The van der Waals surface area contributed by atoms with Crippen LogP contribution in [0.3, 0.4) is 0 Å². The maximum atomic E-state index is 12.5. The summed E-state index contributed by atoms with van der Waals surface area (Å²) in [7, 11) is 0. The molecule has 5 heteroatoms. The first-order chi connectivity index (χ1) is 11.7. The van der Waals surface area contributed by atoms with Crippen LogP contribution in [-0.2, 0) is 14.3 Å². The van der Waals surface area contributed by atoms with E-state index in [1.807, 2.05) is 6.92 Å². The zero-order valence-corrected chi connectivity index (χ0v) is 15.1. The summed E-state index contributed by atoms with van der Waals surface area (Å²) in [5.41, 5.74) is 0.609. The van der Waals surface area contributed by atoms with Crippen molar-refractivity contribution in [3.8, 4) is 0 Å². The van der Waals surface area contributed by atoms with Crippen LogP contribution in [-0.4, -0.2) is 41.3 Å². The fraction of sp³-hybridized carbons (Fsp3) is 0.700. The number of hydrogen-bond donors (Lipinski definition) is 2. The first kappa shape index (κ1) is 18.3. The largest absolute Gasteiger partial charge is 0.459 e. The van der Waals surface area contributed by atoms with Crippen molar-refractivity contribution in [3.05, 3.63) is 23.8 Å². The number of Topliss-reactive ketones (excluding diaryl/α,β-unsaturated/α-hetero) is 1. The van der Waals surface area contributed by atoms with Gasteiger partial charge in [0, 0.05) is 6.42 Å². The third-order valence-electron chi connectivity index (χ3n) is 7.00. The van der Waals surface area contributed by atoms with E-state index in [0.717, 1.165) is 24.8 Å². The molecule has 2 aliphatic carbocycles. The van der Waals surface area contributed by atoms with Crippen molar-refractivity contribution in [1.29, 1.82) is 0 Å². The highest BCUT2D eigenvalue weighted by molar-refractivity contribution is 5.91. The quantitative estimate of drug-likeness (QED) is 0.464. The zero-order valence-electron chi connectivity index (χ0n) is 15.1. The molecule has 25 heavy (non-hydrogen) atoms. The molecule has 5 nitrogen and oxygen atoms in total. The van der Waals surface area contributed by atoms with E-state index in [1.165, 1.54) is 0 Å². The van der Waals surface area contributed by atoms with Crippen molar-refractivity contribution in [2.24, 2.45) is 22.7 Å². The van der Waals surface area contributed by atoms with Crippen LogP contribution in [0, 0.1) is 22.7 Å². The highest BCUT2D eigenvalue weighted by Crippen LogP contribution is 2.60. The second-order valence-corrected chi connectivity index (χ2v) is 8.32. The van der Waals surface area contributed by atoms with Crippen LogP contribution >= 0.6 is 0 Å². The number of esters is 1. The number of aliphatic hydroxyl groups is 2. The molecule has 0 unspecified atom stereocenters. The van der Waals surface area contributed by atoms with Gasteiger partial charge in [0.15, 0.2) is 0 Å². The number of hydrogen-bond acceptors (Lipinski definition) is 5. The molecule has 0 aromatic rings. The molecule has 1 heterocycles. The van der Waals surface area contributed by atoms with Crippen LogP contribution in [0.15, 0.2) is 23.8 Å². The molecule has 1 aliphatic heterocycles. The van der Waals surface area contributed by atoms with Crippen molar-refractivity contribution in [2.45, 2.75) is 52.1 Å². The number of ketones is 1. The van der Waals surface area contributed by atoms with E-state index >= 15 is 0 Å². The van der Waals surface area contributed by atoms with E-state index in [0.29, 0.717) is 18.4 Å². The molecule has 3 aliphatic rings. The van der Waals surface area contributed by atoms with Gasteiger partial charge in [-0.1, -0.05) is 32.1 Å². The third kappa shape index (κ3) is 2.77. The van der Waals surface area contributed by atoms with Gasteiger partial charge < -0.3 is 14.9 Å². The molecule has 0 aromatic heterocycles. The molecule has 3 rings (SSSR count). The summed E-state index contributed by atoms with van der Waals surface area (Å²) in [5.74, 6) is -0.0783. The number of ether oxygens (including phenoxy) is 1. The van der Waals surface area contributed by atoms with Crippen LogP contribution in [0.5, 0.6) is 0 Å². The van der Waals surface area contributed by atoms with Crippen molar-refractivity contribution < 1.29 is 24.5 Å². The van der Waals surface area contributed by atoms with Crippen LogP contribution < -0.4 is 0 Å². The zero-order chi connectivity index (χ0) is 18.4. The SMILES string of the molecule is C=C1CC[C@H]2[C@@](C)(CCC(=O)[C@@]2(C)CO)[C@@H]1C/C=C1/C(=O)OC[C@H]1O. The highest BCUT2D eigenvalue weighted by Gasteiger charge is 2.57. The first-order valence-corrected chi connectivity index (χ1v) is 9.11. The van der Waals surface area contributed by atoms with Crippen molar-refractivity contribution in [2.75, 3.05) is 13.2 Å². The van der Waals surface area contributed by atoms with Crippen molar-refractivity contribution in [3.63, 3.8) is 0 Å². The molecule has 2 saturated carbocycles. The molecular formula is C20H28O5. The lowest BCUT2D eigenvalue weighted by atomic mass is 9.46. The summed E-state index contributed by atoms with van der Waals surface area (Å²) >= 11 is 0. The van der Waals surface area contributed by atoms with Gasteiger partial charge in [0.1, 0.15) is 18.5 Å². The molecule has 2 N–H and O–H groups in total. The number of rotatable bonds is 3. The molecule has 138 valence electrons. The van der Waals surface area contributed by atoms with Gasteiger partial charge >= 0.3 is 5.97 Å². The fourth-order valence-electron chi connectivity index (χ4n) is 5.36. The fourth-order valence-corrected chi connectivity index (χ4v) is 5.36. The Balaban J connectivity index is 1.90. The summed E-state index contributed by atoms with van der Waals surface area (Å²) in [6.07, 6.45) is 4.45. The minimum atomic E-state index is -0.858. The Morgan fingerprint density at radius 1 is 1.32 bits per heavy atom. The molecule has 0 radical (unpaired) electrons. The maximum absolute atomic E-state index is 12.5. The summed E-state index contributed by atoms with van der Waals surface area (Å²) in [4.78, 5) is 24.2. The van der Waals surface area contributed by atoms with E-state index in [1.54, 1.807) is 6.08 Å². The Kier molecular flexibility index (Phi) is 4.67. The normalized spacial score (nSPS) is 43.3. The van der Waals surface area contributed by atoms with Crippen molar-refractivity contribution in [1.82, 2.24) is 0 Å². The number of allylic oxidation sites excluding steroid dienone is 2. The number of cyclic esters (lactones) is 1. The highest BCUT2D eigenvalue weighted by atomic mass is 16.6. The van der Waals surface area contributed by atoms with Gasteiger partial charge in [0.2, 0.25) is 0 Å². The molecule has 0 spiro atoms. The van der Waals surface area contributed by atoms with Gasteiger partial charge in [-0.2, -0.15) is 0 Å². The number of fused-ring (bicyclic) bond motifs is 1. The Hall–Kier alpha value is -1.46.